The van der Waals surface area contributed by atoms with E-state index in [1.165, 1.54) is 6.92 Å². The maximum atomic E-state index is 12.0. The molecule has 0 N–H and O–H groups in total. The van der Waals surface area contributed by atoms with Crippen molar-refractivity contribution in [2.45, 2.75) is 19.3 Å². The molecule has 1 rings (SSSR count). The molecule has 0 aliphatic rings. The Labute approximate surface area is 93.3 Å². The largest absolute Gasteiger partial charge is 0.416 e. The average molecular weight is 255 g/mol. The molecule has 0 aromatic heterocycles. The molecular formula is C10H7F6N. The minimum absolute atomic E-state index is 0.0833. The van der Waals surface area contributed by atoms with Crippen LogP contribution in [0.4, 0.5) is 26.3 Å². The van der Waals surface area contributed by atoms with Gasteiger partial charge in [-0.25, -0.2) is 0 Å². The van der Waals surface area contributed by atoms with Crippen LogP contribution < -0.4 is 0 Å². The molecule has 7 heteroatoms. The van der Waals surface area contributed by atoms with Gasteiger partial charge in [-0.1, -0.05) is 6.07 Å². The van der Waals surface area contributed by atoms with Gasteiger partial charge in [0, 0.05) is 6.92 Å². The van der Waals surface area contributed by atoms with E-state index in [1.54, 1.807) is 6.07 Å². The first-order chi connectivity index (χ1) is 7.62. The lowest BCUT2D eigenvalue weighted by Gasteiger charge is -2.10. The van der Waals surface area contributed by atoms with Gasteiger partial charge < -0.3 is 0 Å². The first kappa shape index (κ1) is 15.3. The van der Waals surface area contributed by atoms with Crippen molar-refractivity contribution < 1.29 is 26.3 Å². The second kappa shape index (κ2) is 5.57. The van der Waals surface area contributed by atoms with Crippen molar-refractivity contribution >= 4 is 0 Å². The van der Waals surface area contributed by atoms with Crippen molar-refractivity contribution in [3.05, 3.63) is 35.4 Å². The summed E-state index contributed by atoms with van der Waals surface area (Å²) >= 11 is 0. The van der Waals surface area contributed by atoms with Gasteiger partial charge in [0.2, 0.25) is 0 Å². The Morgan fingerprint density at radius 1 is 0.941 bits per heavy atom. The van der Waals surface area contributed by atoms with E-state index < -0.39 is 23.5 Å². The predicted molar refractivity (Wildman–Crippen MR) is 47.7 cm³/mol. The number of halogens is 6. The van der Waals surface area contributed by atoms with Gasteiger partial charge in [0.05, 0.1) is 17.2 Å². The van der Waals surface area contributed by atoms with Crippen LogP contribution in [0.15, 0.2) is 24.3 Å². The maximum Gasteiger partial charge on any atom is 0.416 e. The van der Waals surface area contributed by atoms with Crippen LogP contribution in [0.3, 0.4) is 0 Å². The highest BCUT2D eigenvalue weighted by Gasteiger charge is 2.35. The van der Waals surface area contributed by atoms with Crippen molar-refractivity contribution in [3.63, 3.8) is 0 Å². The van der Waals surface area contributed by atoms with Crippen molar-refractivity contribution in [2.75, 3.05) is 0 Å². The van der Waals surface area contributed by atoms with Gasteiger partial charge in [-0.3, -0.25) is 0 Å². The van der Waals surface area contributed by atoms with Gasteiger partial charge in [-0.2, -0.15) is 31.6 Å². The van der Waals surface area contributed by atoms with Crippen LogP contribution in [-0.4, -0.2) is 0 Å². The van der Waals surface area contributed by atoms with Crippen molar-refractivity contribution in [3.8, 4) is 6.07 Å². The number of hydrogen-bond acceptors (Lipinski definition) is 1. The first-order valence-corrected chi connectivity index (χ1v) is 4.18. The van der Waals surface area contributed by atoms with Crippen LogP contribution in [0.25, 0.3) is 0 Å². The van der Waals surface area contributed by atoms with Crippen molar-refractivity contribution in [1.82, 2.24) is 0 Å². The summed E-state index contributed by atoms with van der Waals surface area (Å²) in [6.45, 7) is 1.43. The topological polar surface area (TPSA) is 23.8 Å². The zero-order valence-corrected chi connectivity index (χ0v) is 8.52. The SMILES string of the molecule is CC#N.FC(F)(F)c1cccc(C(F)(F)F)c1. The fraction of sp³-hybridized carbons (Fsp3) is 0.300. The summed E-state index contributed by atoms with van der Waals surface area (Å²) in [6, 6.07) is 3.75. The molecule has 0 radical (unpaired) electrons. The molecule has 0 aliphatic carbocycles. The van der Waals surface area contributed by atoms with E-state index in [9.17, 15) is 26.3 Å². The number of hydrogen-bond donors (Lipinski definition) is 0. The van der Waals surface area contributed by atoms with Crippen LogP contribution in [0, 0.1) is 11.3 Å². The third kappa shape index (κ3) is 5.24. The normalized spacial score (nSPS) is 11.2. The van der Waals surface area contributed by atoms with Gasteiger partial charge in [0.25, 0.3) is 0 Å². The van der Waals surface area contributed by atoms with E-state index in [-0.39, 0.29) is 6.07 Å². The quantitative estimate of drug-likeness (QED) is 0.635. The van der Waals surface area contributed by atoms with E-state index in [1.807, 2.05) is 0 Å². The van der Waals surface area contributed by atoms with E-state index in [4.69, 9.17) is 5.26 Å². The Morgan fingerprint density at radius 2 is 1.24 bits per heavy atom. The molecule has 0 amide bonds. The second-order valence-corrected chi connectivity index (χ2v) is 2.80. The molecule has 0 atom stereocenters. The average Bonchev–Trinajstić information content (AvgIpc) is 2.16. The van der Waals surface area contributed by atoms with Crippen LogP contribution in [-0.2, 0) is 12.4 Å². The van der Waals surface area contributed by atoms with Crippen LogP contribution in [0.2, 0.25) is 0 Å². The Kier molecular flexibility index (Phi) is 5.01. The smallest absolute Gasteiger partial charge is 0.199 e. The number of nitriles is 1. The molecular weight excluding hydrogens is 248 g/mol. The summed E-state index contributed by atoms with van der Waals surface area (Å²) in [5, 5.41) is 7.32. The summed E-state index contributed by atoms with van der Waals surface area (Å²) in [6.07, 6.45) is -9.50. The van der Waals surface area contributed by atoms with Gasteiger partial charge in [-0.05, 0) is 18.2 Å². The number of rotatable bonds is 0. The van der Waals surface area contributed by atoms with Gasteiger partial charge in [0.15, 0.2) is 0 Å². The van der Waals surface area contributed by atoms with Gasteiger partial charge in [-0.15, -0.1) is 0 Å². The molecule has 0 aliphatic heterocycles. The summed E-state index contributed by atoms with van der Waals surface area (Å²) in [7, 11) is 0. The minimum atomic E-state index is -4.75. The molecule has 0 spiro atoms. The van der Waals surface area contributed by atoms with Gasteiger partial charge in [0.1, 0.15) is 0 Å². The van der Waals surface area contributed by atoms with Crippen LogP contribution in [0.1, 0.15) is 18.1 Å². The van der Waals surface area contributed by atoms with Gasteiger partial charge >= 0.3 is 12.4 Å². The van der Waals surface area contributed by atoms with Crippen molar-refractivity contribution in [2.24, 2.45) is 0 Å². The second-order valence-electron chi connectivity index (χ2n) is 2.80. The molecule has 1 aromatic carbocycles. The summed E-state index contributed by atoms with van der Waals surface area (Å²) in [4.78, 5) is 0. The highest BCUT2D eigenvalue weighted by molar-refractivity contribution is 5.27. The Hall–Kier alpha value is -1.71. The van der Waals surface area contributed by atoms with E-state index in [0.717, 1.165) is 6.07 Å². The monoisotopic (exact) mass is 255 g/mol. The van der Waals surface area contributed by atoms with E-state index >= 15 is 0 Å². The lowest BCUT2D eigenvalue weighted by molar-refractivity contribution is -0.143. The molecule has 0 heterocycles. The number of alkyl halides is 6. The molecule has 0 bridgehead atoms. The number of benzene rings is 1. The third-order valence-electron chi connectivity index (χ3n) is 1.52. The minimum Gasteiger partial charge on any atom is -0.199 e. The molecule has 0 saturated heterocycles. The molecule has 0 saturated carbocycles. The molecule has 94 valence electrons. The van der Waals surface area contributed by atoms with E-state index in [0.29, 0.717) is 12.1 Å². The fourth-order valence-corrected chi connectivity index (χ4v) is 0.872. The fourth-order valence-electron chi connectivity index (χ4n) is 0.872. The number of nitrogens with zero attached hydrogens (tertiary/aromatic N) is 1. The summed E-state index contributed by atoms with van der Waals surface area (Å²) in [5.41, 5.74) is -2.60. The highest BCUT2D eigenvalue weighted by atomic mass is 19.4. The lowest BCUT2D eigenvalue weighted by atomic mass is 10.1. The zero-order chi connectivity index (χ0) is 13.7. The standard InChI is InChI=1S/C8H4F6.C2H3N/c9-7(10,11)5-2-1-3-6(4-5)8(12,13)14;1-2-3/h1-4H;1H3. The maximum absolute atomic E-state index is 12.0. The third-order valence-corrected chi connectivity index (χ3v) is 1.52. The zero-order valence-electron chi connectivity index (χ0n) is 8.52. The predicted octanol–water partition coefficient (Wildman–Crippen LogP) is 4.25. The molecule has 1 aromatic rings. The Bertz CT molecular complexity index is 369. The van der Waals surface area contributed by atoms with Crippen molar-refractivity contribution in [1.29, 1.82) is 5.26 Å². The Balaban J connectivity index is 0.000000770. The van der Waals surface area contributed by atoms with Crippen LogP contribution >= 0.6 is 0 Å². The lowest BCUT2D eigenvalue weighted by Crippen LogP contribution is -2.09. The highest BCUT2D eigenvalue weighted by Crippen LogP contribution is 2.34. The summed E-state index contributed by atoms with van der Waals surface area (Å²) in [5.74, 6) is 0. The first-order valence-electron chi connectivity index (χ1n) is 4.18. The molecule has 0 fully saturated rings. The molecule has 0 unspecified atom stereocenters. The van der Waals surface area contributed by atoms with E-state index in [2.05, 4.69) is 0 Å². The molecule has 17 heavy (non-hydrogen) atoms. The van der Waals surface area contributed by atoms with Crippen LogP contribution in [0.5, 0.6) is 0 Å². The Morgan fingerprint density at radius 3 is 1.47 bits per heavy atom. The summed E-state index contributed by atoms with van der Waals surface area (Å²) < 4.78 is 71.9. The molecule has 1 nitrogen and oxygen atoms in total.